The maximum absolute atomic E-state index is 13.1. The number of carbonyl (C=O) groups excluding carboxylic acids is 1. The molecule has 0 heterocycles. The fourth-order valence-electron chi connectivity index (χ4n) is 1.51. The van der Waals surface area contributed by atoms with Crippen LogP contribution in [0, 0.1) is 11.6 Å². The van der Waals surface area contributed by atoms with Gasteiger partial charge in [-0.05, 0) is 40.9 Å². The lowest BCUT2D eigenvalue weighted by Gasteiger charge is -2.16. The molecule has 0 N–H and O–H groups in total. The number of hydrogen-bond donors (Lipinski definition) is 0. The predicted octanol–water partition coefficient (Wildman–Crippen LogP) is 2.96. The topological polar surface area (TPSA) is 20.3 Å². The van der Waals surface area contributed by atoms with Crippen LogP contribution < -0.4 is 0 Å². The van der Waals surface area contributed by atoms with E-state index in [-0.39, 0.29) is 22.0 Å². The molecular weight excluding hydrogens is 280 g/mol. The van der Waals surface area contributed by atoms with Crippen molar-refractivity contribution in [3.8, 4) is 0 Å². The van der Waals surface area contributed by atoms with E-state index in [2.05, 4.69) is 15.9 Å². The minimum atomic E-state index is -1.01. The van der Waals surface area contributed by atoms with E-state index in [0.29, 0.717) is 0 Å². The molecule has 1 saturated carbocycles. The fraction of sp³-hybridized carbons (Fsp3) is 0.364. The van der Waals surface area contributed by atoms with Gasteiger partial charge in [-0.2, -0.15) is 0 Å². The van der Waals surface area contributed by atoms with Gasteiger partial charge in [-0.15, -0.1) is 0 Å². The number of halogens is 3. The van der Waals surface area contributed by atoms with E-state index in [0.717, 1.165) is 18.9 Å². The van der Waals surface area contributed by atoms with Crippen molar-refractivity contribution in [3.05, 3.63) is 33.8 Å². The van der Waals surface area contributed by atoms with Crippen molar-refractivity contribution in [1.29, 1.82) is 0 Å². The molecule has 2 rings (SSSR count). The highest BCUT2D eigenvalue weighted by Gasteiger charge is 2.30. The monoisotopic (exact) mass is 289 g/mol. The molecule has 0 saturated heterocycles. The summed E-state index contributed by atoms with van der Waals surface area (Å²) in [4.78, 5) is 13.4. The van der Waals surface area contributed by atoms with Crippen molar-refractivity contribution in [2.24, 2.45) is 0 Å². The number of nitrogens with zero attached hydrogens (tertiary/aromatic N) is 1. The van der Waals surface area contributed by atoms with Crippen LogP contribution in [-0.4, -0.2) is 23.9 Å². The van der Waals surface area contributed by atoms with Gasteiger partial charge in [0, 0.05) is 18.7 Å². The number of hydrogen-bond acceptors (Lipinski definition) is 1. The average molecular weight is 290 g/mol. The van der Waals surface area contributed by atoms with Gasteiger partial charge in [0.15, 0.2) is 11.6 Å². The van der Waals surface area contributed by atoms with E-state index in [1.807, 2.05) is 0 Å². The SMILES string of the molecule is CN(C(=O)c1cc(F)c(F)c(Br)c1)C1CC1. The molecule has 86 valence electrons. The fourth-order valence-corrected chi connectivity index (χ4v) is 1.95. The van der Waals surface area contributed by atoms with Crippen molar-refractivity contribution < 1.29 is 13.6 Å². The zero-order valence-corrected chi connectivity index (χ0v) is 10.2. The Morgan fingerprint density at radius 3 is 2.56 bits per heavy atom. The van der Waals surface area contributed by atoms with Crippen LogP contribution in [-0.2, 0) is 0 Å². The van der Waals surface area contributed by atoms with Crippen LogP contribution >= 0.6 is 15.9 Å². The second-order valence-electron chi connectivity index (χ2n) is 3.90. The van der Waals surface area contributed by atoms with Crippen molar-refractivity contribution in [2.75, 3.05) is 7.05 Å². The smallest absolute Gasteiger partial charge is 0.253 e. The third-order valence-corrected chi connectivity index (χ3v) is 3.22. The highest BCUT2D eigenvalue weighted by atomic mass is 79.9. The van der Waals surface area contributed by atoms with Gasteiger partial charge in [0.1, 0.15) is 0 Å². The van der Waals surface area contributed by atoms with E-state index >= 15 is 0 Å². The first-order chi connectivity index (χ1) is 7.50. The van der Waals surface area contributed by atoms with E-state index < -0.39 is 11.6 Å². The molecule has 0 unspecified atom stereocenters. The van der Waals surface area contributed by atoms with Gasteiger partial charge in [0.2, 0.25) is 0 Å². The molecule has 1 amide bonds. The third kappa shape index (κ3) is 2.09. The second kappa shape index (κ2) is 4.13. The molecule has 2 nitrogen and oxygen atoms in total. The summed E-state index contributed by atoms with van der Waals surface area (Å²) in [5, 5.41) is 0. The molecule has 1 aliphatic rings. The minimum Gasteiger partial charge on any atom is -0.339 e. The Bertz CT molecular complexity index is 423. The lowest BCUT2D eigenvalue weighted by molar-refractivity contribution is 0.0784. The van der Waals surface area contributed by atoms with Crippen LogP contribution in [0.4, 0.5) is 8.78 Å². The Morgan fingerprint density at radius 2 is 2.06 bits per heavy atom. The van der Waals surface area contributed by atoms with E-state index in [9.17, 15) is 13.6 Å². The summed E-state index contributed by atoms with van der Waals surface area (Å²) >= 11 is 2.88. The van der Waals surface area contributed by atoms with Crippen molar-refractivity contribution >= 4 is 21.8 Å². The van der Waals surface area contributed by atoms with Crippen LogP contribution in [0.2, 0.25) is 0 Å². The first-order valence-corrected chi connectivity index (χ1v) is 5.71. The van der Waals surface area contributed by atoms with Crippen LogP contribution in [0.15, 0.2) is 16.6 Å². The lowest BCUT2D eigenvalue weighted by atomic mass is 10.2. The molecule has 0 aliphatic heterocycles. The molecule has 1 aromatic carbocycles. The number of carbonyl (C=O) groups is 1. The first-order valence-electron chi connectivity index (χ1n) is 4.92. The molecule has 16 heavy (non-hydrogen) atoms. The van der Waals surface area contributed by atoms with Crippen LogP contribution in [0.5, 0.6) is 0 Å². The normalized spacial score (nSPS) is 15.0. The molecule has 1 aromatic rings. The third-order valence-electron chi connectivity index (χ3n) is 2.65. The number of benzene rings is 1. The highest BCUT2D eigenvalue weighted by molar-refractivity contribution is 9.10. The Labute approximate surface area is 100 Å². The average Bonchev–Trinajstić information content (AvgIpc) is 3.06. The van der Waals surface area contributed by atoms with Crippen molar-refractivity contribution in [2.45, 2.75) is 18.9 Å². The van der Waals surface area contributed by atoms with Gasteiger partial charge < -0.3 is 4.90 Å². The maximum Gasteiger partial charge on any atom is 0.253 e. The lowest BCUT2D eigenvalue weighted by Crippen LogP contribution is -2.28. The molecule has 0 aromatic heterocycles. The zero-order valence-electron chi connectivity index (χ0n) is 8.64. The Morgan fingerprint density at radius 1 is 1.44 bits per heavy atom. The van der Waals surface area contributed by atoms with E-state index in [4.69, 9.17) is 0 Å². The Balaban J connectivity index is 2.29. The molecule has 0 spiro atoms. The maximum atomic E-state index is 13.1. The summed E-state index contributed by atoms with van der Waals surface area (Å²) in [5.74, 6) is -2.25. The summed E-state index contributed by atoms with van der Waals surface area (Å²) in [6.45, 7) is 0. The molecule has 0 atom stereocenters. The van der Waals surface area contributed by atoms with Crippen LogP contribution in [0.25, 0.3) is 0 Å². The van der Waals surface area contributed by atoms with E-state index in [1.54, 1.807) is 11.9 Å². The van der Waals surface area contributed by atoms with Gasteiger partial charge in [0.05, 0.1) is 4.47 Å². The highest BCUT2D eigenvalue weighted by Crippen LogP contribution is 2.28. The molecule has 5 heteroatoms. The van der Waals surface area contributed by atoms with Gasteiger partial charge in [0.25, 0.3) is 5.91 Å². The molecule has 1 fully saturated rings. The van der Waals surface area contributed by atoms with Gasteiger partial charge >= 0.3 is 0 Å². The van der Waals surface area contributed by atoms with Crippen LogP contribution in [0.3, 0.4) is 0 Å². The van der Waals surface area contributed by atoms with Gasteiger partial charge in [-0.25, -0.2) is 8.78 Å². The number of rotatable bonds is 2. The standard InChI is InChI=1S/C11H10BrF2NO/c1-15(7-2-3-7)11(16)6-4-8(12)10(14)9(13)5-6/h4-5,7H,2-3H2,1H3. The van der Waals surface area contributed by atoms with Crippen molar-refractivity contribution in [3.63, 3.8) is 0 Å². The molecular formula is C11H10BrF2NO. The molecule has 0 bridgehead atoms. The number of amides is 1. The van der Waals surface area contributed by atoms with E-state index in [1.165, 1.54) is 6.07 Å². The molecule has 1 aliphatic carbocycles. The largest absolute Gasteiger partial charge is 0.339 e. The summed E-state index contributed by atoms with van der Waals surface area (Å²) < 4.78 is 26.1. The Hall–Kier alpha value is -0.970. The molecule has 0 radical (unpaired) electrons. The quantitative estimate of drug-likeness (QED) is 0.767. The first kappa shape index (κ1) is 11.5. The summed E-state index contributed by atoms with van der Waals surface area (Å²) in [6.07, 6.45) is 1.96. The summed E-state index contributed by atoms with van der Waals surface area (Å²) in [6, 6.07) is 2.49. The minimum absolute atomic E-state index is 0.0277. The van der Waals surface area contributed by atoms with Crippen molar-refractivity contribution in [1.82, 2.24) is 4.90 Å². The van der Waals surface area contributed by atoms with Crippen LogP contribution in [0.1, 0.15) is 23.2 Å². The summed E-state index contributed by atoms with van der Waals surface area (Å²) in [7, 11) is 1.68. The van der Waals surface area contributed by atoms with Gasteiger partial charge in [-0.3, -0.25) is 4.79 Å². The predicted molar refractivity (Wildman–Crippen MR) is 59.2 cm³/mol. The van der Waals surface area contributed by atoms with Gasteiger partial charge in [-0.1, -0.05) is 0 Å². The second-order valence-corrected chi connectivity index (χ2v) is 4.76. The summed E-state index contributed by atoms with van der Waals surface area (Å²) in [5.41, 5.74) is 0.167. The Kier molecular flexibility index (Phi) is 2.97. The zero-order chi connectivity index (χ0) is 11.9.